The van der Waals surface area contributed by atoms with Crippen LogP contribution >= 0.6 is 11.3 Å². The molecule has 0 aromatic carbocycles. The molecular formula is C10H20N4O2S2. The highest BCUT2D eigenvalue weighted by Gasteiger charge is 2.13. The summed E-state index contributed by atoms with van der Waals surface area (Å²) >= 11 is 1.29. The van der Waals surface area contributed by atoms with Gasteiger partial charge in [0.1, 0.15) is 5.01 Å². The molecule has 0 saturated carbocycles. The van der Waals surface area contributed by atoms with E-state index < -0.39 is 10.0 Å². The van der Waals surface area contributed by atoms with Crippen molar-refractivity contribution in [1.29, 1.82) is 0 Å². The molecule has 6 nitrogen and oxygen atoms in total. The molecule has 0 radical (unpaired) electrons. The standard InChI is InChI=1S/C10H20N4O2S2/c1-2-3-8-18(15,16)14-10-13-12-9(17-10)6-4-5-7-11/h2-8,11H2,1H3,(H,13,14). The van der Waals surface area contributed by atoms with Crippen molar-refractivity contribution >= 4 is 26.5 Å². The number of aryl methyl sites for hydroxylation is 1. The van der Waals surface area contributed by atoms with E-state index >= 15 is 0 Å². The normalized spacial score (nSPS) is 11.7. The number of nitrogens with one attached hydrogen (secondary N) is 1. The molecule has 0 atom stereocenters. The van der Waals surface area contributed by atoms with Gasteiger partial charge in [-0.25, -0.2) is 8.42 Å². The lowest BCUT2D eigenvalue weighted by Crippen LogP contribution is -2.16. The zero-order valence-corrected chi connectivity index (χ0v) is 12.2. The number of unbranched alkanes of at least 4 members (excludes halogenated alkanes) is 2. The summed E-state index contributed by atoms with van der Waals surface area (Å²) in [7, 11) is -3.27. The van der Waals surface area contributed by atoms with E-state index in [9.17, 15) is 8.42 Å². The van der Waals surface area contributed by atoms with Crippen LogP contribution in [0.3, 0.4) is 0 Å². The number of hydrogen-bond donors (Lipinski definition) is 2. The molecule has 18 heavy (non-hydrogen) atoms. The first-order valence-corrected chi connectivity index (χ1v) is 8.57. The van der Waals surface area contributed by atoms with E-state index in [0.29, 0.717) is 18.1 Å². The number of anilines is 1. The van der Waals surface area contributed by atoms with Crippen LogP contribution in [0.1, 0.15) is 37.6 Å². The second-order valence-corrected chi connectivity index (χ2v) is 6.93. The van der Waals surface area contributed by atoms with E-state index in [1.807, 2.05) is 6.92 Å². The van der Waals surface area contributed by atoms with Gasteiger partial charge in [0.25, 0.3) is 0 Å². The maximum Gasteiger partial charge on any atom is 0.234 e. The summed E-state index contributed by atoms with van der Waals surface area (Å²) in [5.74, 6) is 0.131. The lowest BCUT2D eigenvalue weighted by Gasteiger charge is -2.02. The van der Waals surface area contributed by atoms with Gasteiger partial charge in [0.15, 0.2) is 0 Å². The Labute approximate surface area is 112 Å². The van der Waals surface area contributed by atoms with Crippen LogP contribution in [0.15, 0.2) is 0 Å². The monoisotopic (exact) mass is 292 g/mol. The molecule has 1 aromatic heterocycles. The predicted molar refractivity (Wildman–Crippen MR) is 74.2 cm³/mol. The number of sulfonamides is 1. The summed E-state index contributed by atoms with van der Waals surface area (Å²) in [6.07, 6.45) is 4.19. The highest BCUT2D eigenvalue weighted by Crippen LogP contribution is 2.18. The van der Waals surface area contributed by atoms with E-state index in [1.165, 1.54) is 11.3 Å². The molecule has 104 valence electrons. The molecule has 3 N–H and O–H groups in total. The number of hydrogen-bond acceptors (Lipinski definition) is 6. The van der Waals surface area contributed by atoms with Gasteiger partial charge in [-0.3, -0.25) is 4.72 Å². The third kappa shape index (κ3) is 5.74. The van der Waals surface area contributed by atoms with Gasteiger partial charge >= 0.3 is 0 Å². The first-order chi connectivity index (χ1) is 8.57. The summed E-state index contributed by atoms with van der Waals surface area (Å²) in [5.41, 5.74) is 5.40. The molecule has 0 aliphatic rings. The topological polar surface area (TPSA) is 98.0 Å². The maximum atomic E-state index is 11.6. The molecule has 8 heteroatoms. The van der Waals surface area contributed by atoms with E-state index in [4.69, 9.17) is 5.73 Å². The fourth-order valence-corrected chi connectivity index (χ4v) is 3.59. The summed E-state index contributed by atoms with van der Waals surface area (Å²) in [6, 6.07) is 0. The van der Waals surface area contributed by atoms with Crippen LogP contribution in [0.25, 0.3) is 0 Å². The van der Waals surface area contributed by atoms with Crippen molar-refractivity contribution in [3.05, 3.63) is 5.01 Å². The minimum absolute atomic E-state index is 0.131. The number of rotatable bonds is 9. The molecule has 0 aliphatic carbocycles. The molecule has 1 rings (SSSR count). The smallest absolute Gasteiger partial charge is 0.234 e. The molecule has 1 heterocycles. The highest BCUT2D eigenvalue weighted by atomic mass is 32.2. The molecular weight excluding hydrogens is 272 g/mol. The van der Waals surface area contributed by atoms with Crippen molar-refractivity contribution in [3.8, 4) is 0 Å². The maximum absolute atomic E-state index is 11.6. The van der Waals surface area contributed by atoms with Crippen molar-refractivity contribution in [1.82, 2.24) is 10.2 Å². The van der Waals surface area contributed by atoms with Crippen LogP contribution in [-0.4, -0.2) is 30.9 Å². The molecule has 1 aromatic rings. The Hall–Kier alpha value is -0.730. The fraction of sp³-hybridized carbons (Fsp3) is 0.800. The number of nitrogens with zero attached hydrogens (tertiary/aromatic N) is 2. The van der Waals surface area contributed by atoms with Crippen LogP contribution in [0.2, 0.25) is 0 Å². The summed E-state index contributed by atoms with van der Waals surface area (Å²) in [5, 5.41) is 8.99. The molecule has 0 fully saturated rings. The second kappa shape index (κ2) is 7.65. The van der Waals surface area contributed by atoms with Crippen molar-refractivity contribution < 1.29 is 8.42 Å². The quantitative estimate of drug-likeness (QED) is 0.670. The van der Waals surface area contributed by atoms with E-state index in [0.717, 1.165) is 30.7 Å². The van der Waals surface area contributed by atoms with E-state index in [2.05, 4.69) is 14.9 Å². The molecule has 0 bridgehead atoms. The largest absolute Gasteiger partial charge is 0.330 e. The van der Waals surface area contributed by atoms with Crippen molar-refractivity contribution in [3.63, 3.8) is 0 Å². The highest BCUT2D eigenvalue weighted by molar-refractivity contribution is 7.92. The van der Waals surface area contributed by atoms with Crippen LogP contribution in [-0.2, 0) is 16.4 Å². The van der Waals surface area contributed by atoms with Gasteiger partial charge in [0, 0.05) is 6.42 Å². The Morgan fingerprint density at radius 1 is 1.28 bits per heavy atom. The van der Waals surface area contributed by atoms with Gasteiger partial charge in [-0.05, 0) is 25.8 Å². The van der Waals surface area contributed by atoms with Gasteiger partial charge in [0.2, 0.25) is 15.2 Å². The minimum atomic E-state index is -3.27. The SMILES string of the molecule is CCCCS(=O)(=O)Nc1nnc(CCCCN)s1. The third-order valence-corrected chi connectivity index (χ3v) is 4.68. The second-order valence-electron chi connectivity index (χ2n) is 4.02. The predicted octanol–water partition coefficient (Wildman–Crippen LogP) is 1.36. The molecule has 0 amide bonds. The Balaban J connectivity index is 2.48. The Morgan fingerprint density at radius 2 is 2.06 bits per heavy atom. The van der Waals surface area contributed by atoms with Crippen molar-refractivity contribution in [2.45, 2.75) is 39.0 Å². The van der Waals surface area contributed by atoms with Gasteiger partial charge in [-0.1, -0.05) is 24.7 Å². The number of nitrogens with two attached hydrogens (primary N) is 1. The Kier molecular flexibility index (Phi) is 6.51. The average molecular weight is 292 g/mol. The zero-order valence-electron chi connectivity index (χ0n) is 10.6. The fourth-order valence-electron chi connectivity index (χ4n) is 1.33. The van der Waals surface area contributed by atoms with Gasteiger partial charge < -0.3 is 5.73 Å². The van der Waals surface area contributed by atoms with Crippen molar-refractivity contribution in [2.24, 2.45) is 5.73 Å². The molecule has 0 spiro atoms. The van der Waals surface area contributed by atoms with Crippen molar-refractivity contribution in [2.75, 3.05) is 17.0 Å². The zero-order chi connectivity index (χ0) is 13.4. The first-order valence-electron chi connectivity index (χ1n) is 6.10. The summed E-state index contributed by atoms with van der Waals surface area (Å²) < 4.78 is 25.7. The third-order valence-electron chi connectivity index (χ3n) is 2.32. The lowest BCUT2D eigenvalue weighted by atomic mass is 10.2. The van der Waals surface area contributed by atoms with Crippen LogP contribution < -0.4 is 10.5 Å². The molecule has 0 aliphatic heterocycles. The van der Waals surface area contributed by atoms with Gasteiger partial charge in [-0.15, -0.1) is 10.2 Å². The van der Waals surface area contributed by atoms with Crippen LogP contribution in [0, 0.1) is 0 Å². The van der Waals surface area contributed by atoms with Gasteiger partial charge in [-0.2, -0.15) is 0 Å². The minimum Gasteiger partial charge on any atom is -0.330 e. The first kappa shape index (κ1) is 15.3. The lowest BCUT2D eigenvalue weighted by molar-refractivity contribution is 0.597. The number of aromatic nitrogens is 2. The Morgan fingerprint density at radius 3 is 2.72 bits per heavy atom. The Bertz CT molecular complexity index is 444. The average Bonchev–Trinajstić information content (AvgIpc) is 2.74. The summed E-state index contributed by atoms with van der Waals surface area (Å²) in [4.78, 5) is 0. The molecule has 0 saturated heterocycles. The van der Waals surface area contributed by atoms with Crippen LogP contribution in [0.4, 0.5) is 5.13 Å². The van der Waals surface area contributed by atoms with Crippen LogP contribution in [0.5, 0.6) is 0 Å². The summed E-state index contributed by atoms with van der Waals surface area (Å²) in [6.45, 7) is 2.62. The molecule has 0 unspecified atom stereocenters. The van der Waals surface area contributed by atoms with E-state index in [1.54, 1.807) is 0 Å². The van der Waals surface area contributed by atoms with E-state index in [-0.39, 0.29) is 5.75 Å². The van der Waals surface area contributed by atoms with Gasteiger partial charge in [0.05, 0.1) is 5.75 Å².